The van der Waals surface area contributed by atoms with Crippen LogP contribution in [0.5, 0.6) is 5.75 Å². The van der Waals surface area contributed by atoms with Crippen LogP contribution in [0.25, 0.3) is 0 Å². The van der Waals surface area contributed by atoms with Gasteiger partial charge in [-0.1, -0.05) is 12.1 Å². The molecule has 0 spiro atoms. The quantitative estimate of drug-likeness (QED) is 0.808. The lowest BCUT2D eigenvalue weighted by molar-refractivity contribution is -0.122. The molecule has 0 unspecified atom stereocenters. The van der Waals surface area contributed by atoms with Crippen molar-refractivity contribution in [2.24, 2.45) is 5.73 Å². The van der Waals surface area contributed by atoms with Crippen molar-refractivity contribution < 1.29 is 9.53 Å². The van der Waals surface area contributed by atoms with Gasteiger partial charge in [-0.15, -0.1) is 0 Å². The van der Waals surface area contributed by atoms with E-state index in [1.807, 2.05) is 36.2 Å². The molecule has 4 nitrogen and oxygen atoms in total. The molecule has 4 heteroatoms. The lowest BCUT2D eigenvalue weighted by Gasteiger charge is -2.22. The summed E-state index contributed by atoms with van der Waals surface area (Å²) < 4.78 is 5.13. The topological polar surface area (TPSA) is 55.6 Å². The minimum Gasteiger partial charge on any atom is -0.497 e. The Morgan fingerprint density at radius 3 is 2.81 bits per heavy atom. The molecule has 1 aromatic carbocycles. The number of methoxy groups -OCH3 is 1. The summed E-state index contributed by atoms with van der Waals surface area (Å²) in [7, 11) is 3.50. The minimum absolute atomic E-state index is 0.272. The number of ether oxygens (including phenoxy) is 1. The summed E-state index contributed by atoms with van der Waals surface area (Å²) in [4.78, 5) is 12.9. The maximum atomic E-state index is 11.0. The van der Waals surface area contributed by atoms with E-state index in [1.54, 1.807) is 14.0 Å². The highest BCUT2D eigenvalue weighted by molar-refractivity contribution is 5.79. The van der Waals surface area contributed by atoms with Crippen molar-refractivity contribution >= 4 is 5.91 Å². The molecule has 0 aliphatic carbocycles. The molecule has 0 aliphatic heterocycles. The first-order valence-electron chi connectivity index (χ1n) is 5.17. The minimum atomic E-state index is -0.314. The smallest absolute Gasteiger partial charge is 0.234 e. The normalized spacial score (nSPS) is 12.5. The standard InChI is InChI=1S/C12H18N2O2/c1-9(12(13)15)14(2)8-10-5-4-6-11(7-10)16-3/h4-7,9H,8H2,1-3H3,(H2,13,15)/t9-/m0/s1. The molecule has 1 rings (SSSR count). The molecule has 0 bridgehead atoms. The fourth-order valence-corrected chi connectivity index (χ4v) is 1.41. The van der Waals surface area contributed by atoms with E-state index in [1.165, 1.54) is 0 Å². The Hall–Kier alpha value is -1.55. The molecule has 0 aliphatic rings. The molecule has 0 heterocycles. The molecule has 88 valence electrons. The third-order valence-electron chi connectivity index (χ3n) is 2.64. The number of primary amides is 1. The number of carbonyl (C=O) groups is 1. The summed E-state index contributed by atoms with van der Waals surface area (Å²) in [6, 6.07) is 7.49. The van der Waals surface area contributed by atoms with Crippen LogP contribution < -0.4 is 10.5 Å². The summed E-state index contributed by atoms with van der Waals surface area (Å²) in [5.74, 6) is 0.503. The Balaban J connectivity index is 2.68. The van der Waals surface area contributed by atoms with E-state index >= 15 is 0 Å². The van der Waals surface area contributed by atoms with Crippen molar-refractivity contribution in [2.75, 3.05) is 14.2 Å². The average Bonchev–Trinajstić information content (AvgIpc) is 2.28. The van der Waals surface area contributed by atoms with Crippen LogP contribution >= 0.6 is 0 Å². The number of nitrogens with zero attached hydrogens (tertiary/aromatic N) is 1. The predicted molar refractivity (Wildman–Crippen MR) is 63.1 cm³/mol. The number of nitrogens with two attached hydrogens (primary N) is 1. The molecule has 16 heavy (non-hydrogen) atoms. The van der Waals surface area contributed by atoms with Crippen molar-refractivity contribution in [1.29, 1.82) is 0 Å². The summed E-state index contributed by atoms with van der Waals surface area (Å²) in [5.41, 5.74) is 6.33. The monoisotopic (exact) mass is 222 g/mol. The zero-order chi connectivity index (χ0) is 12.1. The van der Waals surface area contributed by atoms with Crippen LogP contribution in [0.15, 0.2) is 24.3 Å². The summed E-state index contributed by atoms with van der Waals surface area (Å²) in [6.45, 7) is 2.46. The van der Waals surface area contributed by atoms with Crippen LogP contribution in [-0.2, 0) is 11.3 Å². The Kier molecular flexibility index (Phi) is 4.31. The Bertz CT molecular complexity index is 366. The van der Waals surface area contributed by atoms with E-state index in [4.69, 9.17) is 10.5 Å². The van der Waals surface area contributed by atoms with Gasteiger partial charge in [0.1, 0.15) is 5.75 Å². The van der Waals surface area contributed by atoms with Crippen molar-refractivity contribution in [2.45, 2.75) is 19.5 Å². The van der Waals surface area contributed by atoms with Crippen molar-refractivity contribution in [3.05, 3.63) is 29.8 Å². The van der Waals surface area contributed by atoms with Gasteiger partial charge in [-0.3, -0.25) is 9.69 Å². The Morgan fingerprint density at radius 2 is 2.25 bits per heavy atom. The van der Waals surface area contributed by atoms with Crippen LogP contribution in [0.3, 0.4) is 0 Å². The van der Waals surface area contributed by atoms with Crippen LogP contribution in [0.2, 0.25) is 0 Å². The van der Waals surface area contributed by atoms with E-state index in [9.17, 15) is 4.79 Å². The van der Waals surface area contributed by atoms with Gasteiger partial charge in [0, 0.05) is 6.54 Å². The van der Waals surface area contributed by atoms with E-state index in [0.29, 0.717) is 6.54 Å². The number of hydrogen-bond acceptors (Lipinski definition) is 3. The highest BCUT2D eigenvalue weighted by atomic mass is 16.5. The molecule has 1 aromatic rings. The number of carbonyl (C=O) groups excluding carboxylic acids is 1. The zero-order valence-corrected chi connectivity index (χ0v) is 9.93. The van der Waals surface area contributed by atoms with E-state index in [0.717, 1.165) is 11.3 Å². The second-order valence-electron chi connectivity index (χ2n) is 3.84. The van der Waals surface area contributed by atoms with E-state index in [2.05, 4.69) is 0 Å². The average molecular weight is 222 g/mol. The summed E-state index contributed by atoms with van der Waals surface area (Å²) in [5, 5.41) is 0. The molecule has 2 N–H and O–H groups in total. The summed E-state index contributed by atoms with van der Waals surface area (Å²) in [6.07, 6.45) is 0. The van der Waals surface area contributed by atoms with E-state index in [-0.39, 0.29) is 11.9 Å². The van der Waals surface area contributed by atoms with Gasteiger partial charge in [-0.05, 0) is 31.7 Å². The number of likely N-dealkylation sites (N-methyl/N-ethyl adjacent to an activating group) is 1. The number of amides is 1. The molecule has 0 saturated heterocycles. The third kappa shape index (κ3) is 3.24. The van der Waals surface area contributed by atoms with Gasteiger partial charge >= 0.3 is 0 Å². The van der Waals surface area contributed by atoms with Gasteiger partial charge in [-0.2, -0.15) is 0 Å². The third-order valence-corrected chi connectivity index (χ3v) is 2.64. The van der Waals surface area contributed by atoms with Gasteiger partial charge in [0.05, 0.1) is 13.2 Å². The van der Waals surface area contributed by atoms with Gasteiger partial charge in [0.2, 0.25) is 5.91 Å². The molecule has 0 radical (unpaired) electrons. The molecular formula is C12H18N2O2. The Morgan fingerprint density at radius 1 is 1.56 bits per heavy atom. The van der Waals surface area contributed by atoms with Crippen molar-refractivity contribution in [3.8, 4) is 5.75 Å². The van der Waals surface area contributed by atoms with Crippen molar-refractivity contribution in [3.63, 3.8) is 0 Å². The van der Waals surface area contributed by atoms with Crippen LogP contribution in [0.1, 0.15) is 12.5 Å². The lowest BCUT2D eigenvalue weighted by atomic mass is 10.2. The van der Waals surface area contributed by atoms with Gasteiger partial charge in [-0.25, -0.2) is 0 Å². The maximum absolute atomic E-state index is 11.0. The highest BCUT2D eigenvalue weighted by Crippen LogP contribution is 2.14. The SMILES string of the molecule is COc1cccc(CN(C)[C@@H](C)C(N)=O)c1. The first-order chi connectivity index (χ1) is 7.54. The fraction of sp³-hybridized carbons (Fsp3) is 0.417. The summed E-state index contributed by atoms with van der Waals surface area (Å²) >= 11 is 0. The second-order valence-corrected chi connectivity index (χ2v) is 3.84. The number of benzene rings is 1. The second kappa shape index (κ2) is 5.51. The first kappa shape index (κ1) is 12.5. The fourth-order valence-electron chi connectivity index (χ4n) is 1.41. The number of rotatable bonds is 5. The largest absolute Gasteiger partial charge is 0.497 e. The molecule has 0 aromatic heterocycles. The van der Waals surface area contributed by atoms with E-state index < -0.39 is 0 Å². The van der Waals surface area contributed by atoms with Crippen LogP contribution in [-0.4, -0.2) is 31.0 Å². The zero-order valence-electron chi connectivity index (χ0n) is 9.93. The van der Waals surface area contributed by atoms with Gasteiger partial charge < -0.3 is 10.5 Å². The maximum Gasteiger partial charge on any atom is 0.234 e. The van der Waals surface area contributed by atoms with Crippen molar-refractivity contribution in [1.82, 2.24) is 4.90 Å². The van der Waals surface area contributed by atoms with Crippen LogP contribution in [0, 0.1) is 0 Å². The Labute approximate surface area is 96.0 Å². The van der Waals surface area contributed by atoms with Gasteiger partial charge in [0.25, 0.3) is 0 Å². The predicted octanol–water partition coefficient (Wildman–Crippen LogP) is 1.00. The number of hydrogen-bond donors (Lipinski definition) is 1. The van der Waals surface area contributed by atoms with Crippen LogP contribution in [0.4, 0.5) is 0 Å². The molecular weight excluding hydrogens is 204 g/mol. The first-order valence-corrected chi connectivity index (χ1v) is 5.17. The lowest BCUT2D eigenvalue weighted by Crippen LogP contribution is -2.39. The highest BCUT2D eigenvalue weighted by Gasteiger charge is 2.14. The molecule has 0 saturated carbocycles. The van der Waals surface area contributed by atoms with Gasteiger partial charge in [0.15, 0.2) is 0 Å². The molecule has 1 amide bonds. The molecule has 0 fully saturated rings. The molecule has 1 atom stereocenters.